The number of carbonyl (C=O) groups is 1. The molecular formula is C17H24N2O2. The maximum atomic E-state index is 12.6. The molecule has 3 rings (SSSR count). The predicted molar refractivity (Wildman–Crippen MR) is 82.0 cm³/mol. The number of carbonyl (C=O) groups excluding carboxylic acids is 1. The molecule has 0 unspecified atom stereocenters. The van der Waals surface area contributed by atoms with Crippen molar-refractivity contribution in [1.29, 1.82) is 0 Å². The molecule has 2 aliphatic heterocycles. The fourth-order valence-electron chi connectivity index (χ4n) is 3.28. The van der Waals surface area contributed by atoms with Crippen molar-refractivity contribution in [3.8, 4) is 0 Å². The fourth-order valence-corrected chi connectivity index (χ4v) is 3.28. The van der Waals surface area contributed by atoms with Gasteiger partial charge >= 0.3 is 0 Å². The first-order valence-electron chi connectivity index (χ1n) is 8.01. The average molecular weight is 288 g/mol. The second-order valence-electron chi connectivity index (χ2n) is 5.89. The summed E-state index contributed by atoms with van der Waals surface area (Å²) in [7, 11) is 0. The van der Waals surface area contributed by atoms with Gasteiger partial charge in [0, 0.05) is 32.7 Å². The fraction of sp³-hybridized carbons (Fsp3) is 0.588. The number of amides is 1. The highest BCUT2D eigenvalue weighted by atomic mass is 16.5. The molecule has 0 aromatic heterocycles. The van der Waals surface area contributed by atoms with Gasteiger partial charge in [-0.25, -0.2) is 0 Å². The van der Waals surface area contributed by atoms with Crippen LogP contribution in [0.1, 0.15) is 37.3 Å². The van der Waals surface area contributed by atoms with E-state index in [1.165, 1.54) is 5.56 Å². The summed E-state index contributed by atoms with van der Waals surface area (Å²) in [4.78, 5) is 14.6. The van der Waals surface area contributed by atoms with Crippen LogP contribution in [0.25, 0.3) is 0 Å². The summed E-state index contributed by atoms with van der Waals surface area (Å²) in [6.45, 7) is 3.38. The van der Waals surface area contributed by atoms with Gasteiger partial charge < -0.3 is 15.0 Å². The van der Waals surface area contributed by atoms with Gasteiger partial charge in [-0.15, -0.1) is 0 Å². The molecule has 0 spiro atoms. The van der Waals surface area contributed by atoms with Gasteiger partial charge in [0.2, 0.25) is 5.91 Å². The Morgan fingerprint density at radius 3 is 2.95 bits per heavy atom. The van der Waals surface area contributed by atoms with Crippen LogP contribution < -0.4 is 5.32 Å². The Kier molecular flexibility index (Phi) is 4.88. The van der Waals surface area contributed by atoms with Crippen LogP contribution in [-0.2, 0) is 9.53 Å². The van der Waals surface area contributed by atoms with Gasteiger partial charge in [0.05, 0.1) is 12.1 Å². The van der Waals surface area contributed by atoms with E-state index in [1.807, 2.05) is 23.1 Å². The minimum Gasteiger partial charge on any atom is -0.378 e. The quantitative estimate of drug-likeness (QED) is 0.922. The van der Waals surface area contributed by atoms with Crippen LogP contribution in [0.2, 0.25) is 0 Å². The summed E-state index contributed by atoms with van der Waals surface area (Å²) in [6.07, 6.45) is 4.01. The maximum absolute atomic E-state index is 12.6. The van der Waals surface area contributed by atoms with E-state index < -0.39 is 0 Å². The topological polar surface area (TPSA) is 41.6 Å². The van der Waals surface area contributed by atoms with Gasteiger partial charge in [0.1, 0.15) is 0 Å². The first-order valence-corrected chi connectivity index (χ1v) is 8.01. The van der Waals surface area contributed by atoms with E-state index in [2.05, 4.69) is 17.4 Å². The molecule has 0 radical (unpaired) electrons. The Morgan fingerprint density at radius 2 is 2.19 bits per heavy atom. The maximum Gasteiger partial charge on any atom is 0.223 e. The molecule has 2 aliphatic rings. The number of hydrogen-bond acceptors (Lipinski definition) is 3. The molecule has 4 heteroatoms. The normalized spacial score (nSPS) is 26.0. The predicted octanol–water partition coefficient (Wildman–Crippen LogP) is 2.12. The molecule has 2 fully saturated rings. The Labute approximate surface area is 126 Å². The van der Waals surface area contributed by atoms with Crippen molar-refractivity contribution in [2.24, 2.45) is 0 Å². The Bertz CT molecular complexity index is 457. The Hall–Kier alpha value is -1.39. The highest BCUT2D eigenvalue weighted by Crippen LogP contribution is 2.24. The number of nitrogens with zero attached hydrogens (tertiary/aromatic N) is 1. The van der Waals surface area contributed by atoms with E-state index in [1.54, 1.807) is 0 Å². The van der Waals surface area contributed by atoms with Crippen LogP contribution in [-0.4, -0.2) is 43.2 Å². The van der Waals surface area contributed by atoms with E-state index in [-0.39, 0.29) is 11.9 Å². The van der Waals surface area contributed by atoms with Crippen molar-refractivity contribution in [2.45, 2.75) is 37.8 Å². The Balaban J connectivity index is 1.61. The van der Waals surface area contributed by atoms with Crippen LogP contribution in [0.5, 0.6) is 0 Å². The van der Waals surface area contributed by atoms with E-state index in [4.69, 9.17) is 4.74 Å². The molecule has 0 saturated carbocycles. The highest BCUT2D eigenvalue weighted by Gasteiger charge is 2.28. The molecule has 1 amide bonds. The van der Waals surface area contributed by atoms with Crippen molar-refractivity contribution in [1.82, 2.24) is 10.2 Å². The molecule has 2 saturated heterocycles. The number of nitrogens with one attached hydrogen (secondary N) is 1. The largest absolute Gasteiger partial charge is 0.378 e. The average Bonchev–Trinajstić information content (AvgIpc) is 3.07. The third-order valence-electron chi connectivity index (χ3n) is 4.45. The van der Waals surface area contributed by atoms with Crippen molar-refractivity contribution < 1.29 is 9.53 Å². The summed E-state index contributed by atoms with van der Waals surface area (Å²) in [5.41, 5.74) is 1.22. The first-order chi connectivity index (χ1) is 10.3. The minimum atomic E-state index is 0.164. The lowest BCUT2D eigenvalue weighted by Gasteiger charge is -2.37. The summed E-state index contributed by atoms with van der Waals surface area (Å²) in [5.74, 6) is 0.265. The zero-order valence-electron chi connectivity index (χ0n) is 12.5. The van der Waals surface area contributed by atoms with Crippen LogP contribution in [0.15, 0.2) is 30.3 Å². The van der Waals surface area contributed by atoms with Crippen LogP contribution in [0.4, 0.5) is 0 Å². The highest BCUT2D eigenvalue weighted by molar-refractivity contribution is 5.77. The van der Waals surface area contributed by atoms with Crippen LogP contribution >= 0.6 is 0 Å². The van der Waals surface area contributed by atoms with E-state index in [0.717, 1.165) is 45.5 Å². The van der Waals surface area contributed by atoms with Gasteiger partial charge in [-0.3, -0.25) is 4.79 Å². The van der Waals surface area contributed by atoms with Crippen molar-refractivity contribution in [3.05, 3.63) is 35.9 Å². The number of hydrogen-bond donors (Lipinski definition) is 1. The van der Waals surface area contributed by atoms with Gasteiger partial charge in [-0.05, 0) is 24.8 Å². The van der Waals surface area contributed by atoms with Crippen molar-refractivity contribution in [3.63, 3.8) is 0 Å². The van der Waals surface area contributed by atoms with E-state index in [9.17, 15) is 4.79 Å². The lowest BCUT2D eigenvalue weighted by molar-refractivity contribution is -0.135. The summed E-state index contributed by atoms with van der Waals surface area (Å²) >= 11 is 0. The standard InChI is InChI=1S/C17H24N2O2/c20-17(9-8-15-7-4-12-21-15)19-11-10-18-13-16(19)14-5-2-1-3-6-14/h1-3,5-6,15-16,18H,4,7-13H2/t15-,16-/m1/s1. The number of rotatable bonds is 4. The van der Waals surface area contributed by atoms with Crippen LogP contribution in [0.3, 0.4) is 0 Å². The second-order valence-corrected chi connectivity index (χ2v) is 5.89. The summed E-state index contributed by atoms with van der Waals surface area (Å²) in [6, 6.07) is 10.5. The SMILES string of the molecule is O=C(CC[C@H]1CCCO1)N1CCNC[C@@H]1c1ccccc1. The van der Waals surface area contributed by atoms with Gasteiger partial charge in [0.15, 0.2) is 0 Å². The van der Waals surface area contributed by atoms with Crippen LogP contribution in [0, 0.1) is 0 Å². The molecular weight excluding hydrogens is 264 g/mol. The lowest BCUT2D eigenvalue weighted by Crippen LogP contribution is -2.48. The lowest BCUT2D eigenvalue weighted by atomic mass is 10.0. The number of benzene rings is 1. The minimum absolute atomic E-state index is 0.164. The molecule has 1 aromatic carbocycles. The van der Waals surface area contributed by atoms with Gasteiger partial charge in [-0.2, -0.15) is 0 Å². The smallest absolute Gasteiger partial charge is 0.223 e. The van der Waals surface area contributed by atoms with E-state index >= 15 is 0 Å². The number of ether oxygens (including phenoxy) is 1. The molecule has 0 aliphatic carbocycles. The van der Waals surface area contributed by atoms with E-state index in [0.29, 0.717) is 12.5 Å². The summed E-state index contributed by atoms with van der Waals surface area (Å²) in [5, 5.41) is 3.40. The Morgan fingerprint density at radius 1 is 1.33 bits per heavy atom. The molecule has 1 N–H and O–H groups in total. The summed E-state index contributed by atoms with van der Waals surface area (Å²) < 4.78 is 5.62. The molecule has 2 heterocycles. The molecule has 21 heavy (non-hydrogen) atoms. The van der Waals surface area contributed by atoms with Crippen molar-refractivity contribution in [2.75, 3.05) is 26.2 Å². The third kappa shape index (κ3) is 3.63. The number of piperazine rings is 1. The molecule has 114 valence electrons. The van der Waals surface area contributed by atoms with Gasteiger partial charge in [0.25, 0.3) is 0 Å². The third-order valence-corrected chi connectivity index (χ3v) is 4.45. The van der Waals surface area contributed by atoms with Crippen molar-refractivity contribution >= 4 is 5.91 Å². The molecule has 2 atom stereocenters. The van der Waals surface area contributed by atoms with Gasteiger partial charge in [-0.1, -0.05) is 30.3 Å². The zero-order chi connectivity index (χ0) is 14.5. The molecule has 1 aromatic rings. The first kappa shape index (κ1) is 14.5. The second kappa shape index (κ2) is 7.05. The zero-order valence-corrected chi connectivity index (χ0v) is 12.5. The molecule has 0 bridgehead atoms. The monoisotopic (exact) mass is 288 g/mol. The molecule has 4 nitrogen and oxygen atoms in total.